The summed E-state index contributed by atoms with van der Waals surface area (Å²) < 4.78 is 5.85. The lowest BCUT2D eigenvalue weighted by Gasteiger charge is -2.16. The van der Waals surface area contributed by atoms with E-state index in [4.69, 9.17) is 4.74 Å². The van der Waals surface area contributed by atoms with Crippen molar-refractivity contribution in [2.75, 3.05) is 6.61 Å². The second-order valence-electron chi connectivity index (χ2n) is 14.4. The fraction of sp³-hybridized carbons (Fsp3) is 0.976. The Morgan fingerprint density at radius 2 is 0.568 bits per heavy atom. The quantitative estimate of drug-likeness (QED) is 0.0507. The van der Waals surface area contributed by atoms with Crippen LogP contribution in [0.2, 0.25) is 0 Å². The Morgan fingerprint density at radius 1 is 0.341 bits per heavy atom. The summed E-state index contributed by atoms with van der Waals surface area (Å²) in [6.07, 6.45) is 48.3. The highest BCUT2D eigenvalue weighted by Gasteiger charge is 2.19. The Morgan fingerprint density at radius 3 is 0.841 bits per heavy atom. The van der Waals surface area contributed by atoms with Crippen LogP contribution in [0.15, 0.2) is 0 Å². The molecule has 0 aliphatic heterocycles. The molecule has 0 saturated heterocycles. The van der Waals surface area contributed by atoms with Crippen molar-refractivity contribution in [3.05, 3.63) is 0 Å². The van der Waals surface area contributed by atoms with Crippen molar-refractivity contribution in [3.8, 4) is 0 Å². The minimum atomic E-state index is 0.116. The molecule has 1 unspecified atom stereocenters. The molecule has 0 aromatic carbocycles. The van der Waals surface area contributed by atoms with Gasteiger partial charge >= 0.3 is 5.97 Å². The van der Waals surface area contributed by atoms with Crippen LogP contribution in [0.4, 0.5) is 0 Å². The summed E-state index contributed by atoms with van der Waals surface area (Å²) in [6, 6.07) is 0. The minimum absolute atomic E-state index is 0.116. The van der Waals surface area contributed by atoms with Crippen LogP contribution in [0.25, 0.3) is 0 Å². The summed E-state index contributed by atoms with van der Waals surface area (Å²) in [5.41, 5.74) is 0. The minimum Gasteiger partial charge on any atom is -0.465 e. The van der Waals surface area contributed by atoms with Crippen LogP contribution < -0.4 is 0 Å². The molecule has 0 aromatic rings. The van der Waals surface area contributed by atoms with Gasteiger partial charge in [-0.05, 0) is 19.3 Å². The Hall–Kier alpha value is -0.530. The molecule has 2 nitrogen and oxygen atoms in total. The van der Waals surface area contributed by atoms with Gasteiger partial charge in [0.05, 0.1) is 12.5 Å². The third kappa shape index (κ3) is 34.3. The Labute approximate surface area is 279 Å². The molecule has 0 aliphatic rings. The lowest BCUT2D eigenvalue weighted by atomic mass is 9.94. The third-order valence-corrected chi connectivity index (χ3v) is 9.89. The van der Waals surface area contributed by atoms with E-state index >= 15 is 0 Å². The molecule has 0 radical (unpaired) electrons. The van der Waals surface area contributed by atoms with Gasteiger partial charge in [-0.2, -0.15) is 0 Å². The predicted molar refractivity (Wildman–Crippen MR) is 198 cm³/mol. The Balaban J connectivity index is 3.98. The number of rotatable bonds is 38. The molecule has 0 aromatic heterocycles. The van der Waals surface area contributed by atoms with Crippen LogP contribution in [0.5, 0.6) is 0 Å². The molecule has 0 heterocycles. The third-order valence-electron chi connectivity index (χ3n) is 9.89. The smallest absolute Gasteiger partial charge is 0.308 e. The van der Waals surface area contributed by atoms with Gasteiger partial charge in [-0.1, -0.05) is 233 Å². The summed E-state index contributed by atoms with van der Waals surface area (Å²) in [7, 11) is 0. The molecule has 0 rings (SSSR count). The van der Waals surface area contributed by atoms with E-state index in [-0.39, 0.29) is 11.9 Å². The first kappa shape index (κ1) is 43.5. The van der Waals surface area contributed by atoms with E-state index in [1.54, 1.807) is 0 Å². The summed E-state index contributed by atoms with van der Waals surface area (Å²) in [5.74, 6) is 0.260. The van der Waals surface area contributed by atoms with Crippen molar-refractivity contribution in [2.24, 2.45) is 5.92 Å². The van der Waals surface area contributed by atoms with Crippen molar-refractivity contribution in [1.82, 2.24) is 0 Å². The van der Waals surface area contributed by atoms with Gasteiger partial charge in [0.15, 0.2) is 0 Å². The maximum Gasteiger partial charge on any atom is 0.308 e. The Bertz CT molecular complexity index is 530. The molecule has 0 bridgehead atoms. The molecule has 0 spiro atoms. The average molecular weight is 621 g/mol. The molecule has 0 aliphatic carbocycles. The van der Waals surface area contributed by atoms with E-state index in [1.165, 1.54) is 212 Å². The van der Waals surface area contributed by atoms with Crippen molar-refractivity contribution >= 4 is 5.97 Å². The van der Waals surface area contributed by atoms with Crippen molar-refractivity contribution < 1.29 is 9.53 Å². The van der Waals surface area contributed by atoms with E-state index in [0.29, 0.717) is 6.61 Å². The van der Waals surface area contributed by atoms with Gasteiger partial charge < -0.3 is 4.74 Å². The number of unbranched alkanes of at least 4 members (excludes halogenated alkanes) is 31. The van der Waals surface area contributed by atoms with E-state index in [9.17, 15) is 4.79 Å². The molecule has 1 atom stereocenters. The second kappa shape index (κ2) is 38.7. The standard InChI is InChI=1S/C42H84O2/c1-4-7-10-13-16-19-21-23-24-25-27-30-33-36-39-41(38-35-32-29-18-15-12-9-6-3)42(43)44-40-37-34-31-28-26-22-20-17-14-11-8-5-2/h41H,4-40H2,1-3H3. The topological polar surface area (TPSA) is 26.3 Å². The van der Waals surface area contributed by atoms with E-state index < -0.39 is 0 Å². The van der Waals surface area contributed by atoms with Crippen molar-refractivity contribution in [1.29, 1.82) is 0 Å². The van der Waals surface area contributed by atoms with Crippen LogP contribution in [-0.2, 0) is 9.53 Å². The highest BCUT2D eigenvalue weighted by molar-refractivity contribution is 5.72. The van der Waals surface area contributed by atoms with Crippen molar-refractivity contribution in [3.63, 3.8) is 0 Å². The van der Waals surface area contributed by atoms with Gasteiger partial charge in [0.2, 0.25) is 0 Å². The maximum atomic E-state index is 13.0. The lowest BCUT2D eigenvalue weighted by molar-refractivity contribution is -0.149. The Kier molecular flexibility index (Phi) is 38.2. The van der Waals surface area contributed by atoms with Gasteiger partial charge in [0.25, 0.3) is 0 Å². The molecule has 0 saturated carbocycles. The maximum absolute atomic E-state index is 13.0. The first-order valence-electron chi connectivity index (χ1n) is 20.9. The van der Waals surface area contributed by atoms with Crippen LogP contribution >= 0.6 is 0 Å². The van der Waals surface area contributed by atoms with Gasteiger partial charge in [-0.3, -0.25) is 4.79 Å². The monoisotopic (exact) mass is 621 g/mol. The summed E-state index contributed by atoms with van der Waals surface area (Å²) in [6.45, 7) is 7.52. The first-order valence-corrected chi connectivity index (χ1v) is 20.9. The zero-order valence-corrected chi connectivity index (χ0v) is 31.1. The predicted octanol–water partition coefficient (Wildman–Crippen LogP) is 15.2. The summed E-state index contributed by atoms with van der Waals surface area (Å²) >= 11 is 0. The molecule has 2 heteroatoms. The molecule has 0 N–H and O–H groups in total. The normalized spacial score (nSPS) is 12.2. The molecule has 0 amide bonds. The number of carbonyl (C=O) groups is 1. The fourth-order valence-electron chi connectivity index (χ4n) is 6.72. The number of hydrogen-bond acceptors (Lipinski definition) is 2. The molecular weight excluding hydrogens is 536 g/mol. The highest BCUT2D eigenvalue weighted by Crippen LogP contribution is 2.22. The van der Waals surface area contributed by atoms with E-state index in [2.05, 4.69) is 20.8 Å². The molecule has 44 heavy (non-hydrogen) atoms. The van der Waals surface area contributed by atoms with Crippen LogP contribution in [0.1, 0.15) is 252 Å². The SMILES string of the molecule is CCCCCCCCCCCCCCCCC(CCCCCCCCCC)C(=O)OCCCCCCCCCCCCCC. The van der Waals surface area contributed by atoms with Gasteiger partial charge in [-0.15, -0.1) is 0 Å². The number of carbonyl (C=O) groups excluding carboxylic acids is 1. The molecule has 264 valence electrons. The van der Waals surface area contributed by atoms with E-state index in [0.717, 1.165) is 19.3 Å². The van der Waals surface area contributed by atoms with Crippen LogP contribution in [0.3, 0.4) is 0 Å². The first-order chi connectivity index (χ1) is 21.8. The van der Waals surface area contributed by atoms with Gasteiger partial charge in [0, 0.05) is 0 Å². The van der Waals surface area contributed by atoms with E-state index in [1.807, 2.05) is 0 Å². The van der Waals surface area contributed by atoms with Crippen LogP contribution in [-0.4, -0.2) is 12.6 Å². The van der Waals surface area contributed by atoms with Gasteiger partial charge in [-0.25, -0.2) is 0 Å². The number of esters is 1. The largest absolute Gasteiger partial charge is 0.465 e. The fourth-order valence-corrected chi connectivity index (χ4v) is 6.72. The van der Waals surface area contributed by atoms with Crippen LogP contribution in [0, 0.1) is 5.92 Å². The molecule has 0 fully saturated rings. The van der Waals surface area contributed by atoms with Gasteiger partial charge in [0.1, 0.15) is 0 Å². The molecular formula is C42H84O2. The second-order valence-corrected chi connectivity index (χ2v) is 14.4. The zero-order valence-electron chi connectivity index (χ0n) is 31.1. The highest BCUT2D eigenvalue weighted by atomic mass is 16.5. The lowest BCUT2D eigenvalue weighted by Crippen LogP contribution is -2.18. The zero-order chi connectivity index (χ0) is 32.0. The average Bonchev–Trinajstić information content (AvgIpc) is 3.03. The van der Waals surface area contributed by atoms with Crippen molar-refractivity contribution in [2.45, 2.75) is 252 Å². The summed E-state index contributed by atoms with van der Waals surface area (Å²) in [5, 5.41) is 0. The number of ether oxygens (including phenoxy) is 1. The number of hydrogen-bond donors (Lipinski definition) is 0. The summed E-state index contributed by atoms with van der Waals surface area (Å²) in [4.78, 5) is 13.0.